The van der Waals surface area contributed by atoms with Crippen molar-refractivity contribution in [2.24, 2.45) is 0 Å². The van der Waals surface area contributed by atoms with Crippen molar-refractivity contribution in [2.45, 2.75) is 0 Å². The highest BCUT2D eigenvalue weighted by Gasteiger charge is 2.27. The number of hydrogen-bond acceptors (Lipinski definition) is 3. The van der Waals surface area contributed by atoms with Crippen LogP contribution in [0.3, 0.4) is 0 Å². The third kappa shape index (κ3) is 2.14. The molecular formula is C7H2Cl3NO4. The minimum Gasteiger partial charge on any atom is -0.477 e. The van der Waals surface area contributed by atoms with Gasteiger partial charge in [-0.05, 0) is 6.07 Å². The Morgan fingerprint density at radius 2 is 1.87 bits per heavy atom. The highest BCUT2D eigenvalue weighted by atomic mass is 35.5. The van der Waals surface area contributed by atoms with Crippen molar-refractivity contribution in [1.29, 1.82) is 0 Å². The molecule has 0 amide bonds. The van der Waals surface area contributed by atoms with Crippen LogP contribution in [-0.4, -0.2) is 16.0 Å². The van der Waals surface area contributed by atoms with Gasteiger partial charge in [-0.3, -0.25) is 10.1 Å². The summed E-state index contributed by atoms with van der Waals surface area (Å²) in [6.45, 7) is 0. The first-order valence-corrected chi connectivity index (χ1v) is 4.54. The molecule has 8 heteroatoms. The molecule has 1 aromatic rings. The molecule has 0 atom stereocenters. The maximum Gasteiger partial charge on any atom is 0.342 e. The van der Waals surface area contributed by atoms with Gasteiger partial charge in [0, 0.05) is 0 Å². The van der Waals surface area contributed by atoms with Gasteiger partial charge in [0.2, 0.25) is 0 Å². The molecule has 15 heavy (non-hydrogen) atoms. The van der Waals surface area contributed by atoms with Gasteiger partial charge in [0.1, 0.15) is 10.6 Å². The largest absolute Gasteiger partial charge is 0.477 e. The maximum atomic E-state index is 10.7. The van der Waals surface area contributed by atoms with Crippen molar-refractivity contribution in [3.8, 4) is 0 Å². The smallest absolute Gasteiger partial charge is 0.342 e. The minimum atomic E-state index is -1.50. The van der Waals surface area contributed by atoms with Gasteiger partial charge < -0.3 is 5.11 Å². The molecule has 0 unspecified atom stereocenters. The number of carboxylic acid groups (broad SMARTS) is 1. The van der Waals surface area contributed by atoms with Crippen molar-refractivity contribution in [3.05, 3.63) is 36.8 Å². The Morgan fingerprint density at radius 3 is 2.27 bits per heavy atom. The van der Waals surface area contributed by atoms with E-state index in [-0.39, 0.29) is 10.0 Å². The van der Waals surface area contributed by atoms with E-state index in [1.807, 2.05) is 0 Å². The summed E-state index contributed by atoms with van der Waals surface area (Å²) in [5, 5.41) is 18.4. The monoisotopic (exact) mass is 269 g/mol. The molecule has 1 aromatic carbocycles. The molecule has 0 radical (unpaired) electrons. The molecule has 0 bridgehead atoms. The molecule has 0 aromatic heterocycles. The van der Waals surface area contributed by atoms with E-state index < -0.39 is 27.2 Å². The van der Waals surface area contributed by atoms with Crippen LogP contribution in [0.4, 0.5) is 5.69 Å². The lowest BCUT2D eigenvalue weighted by Gasteiger charge is -2.03. The van der Waals surface area contributed by atoms with Gasteiger partial charge >= 0.3 is 11.7 Å². The molecule has 0 saturated heterocycles. The lowest BCUT2D eigenvalue weighted by molar-refractivity contribution is -0.385. The van der Waals surface area contributed by atoms with Crippen molar-refractivity contribution in [1.82, 2.24) is 0 Å². The first kappa shape index (κ1) is 12.0. The van der Waals surface area contributed by atoms with E-state index in [1.54, 1.807) is 0 Å². The molecule has 0 heterocycles. The van der Waals surface area contributed by atoms with Crippen LogP contribution in [-0.2, 0) is 0 Å². The van der Waals surface area contributed by atoms with Crippen LogP contribution in [0.5, 0.6) is 0 Å². The van der Waals surface area contributed by atoms with Crippen LogP contribution in [0.2, 0.25) is 15.1 Å². The summed E-state index contributed by atoms with van der Waals surface area (Å²) in [4.78, 5) is 20.3. The van der Waals surface area contributed by atoms with Gasteiger partial charge in [-0.25, -0.2) is 4.79 Å². The van der Waals surface area contributed by atoms with E-state index in [1.165, 1.54) is 0 Å². The molecule has 0 aliphatic heterocycles. The number of halogens is 3. The fraction of sp³-hybridized carbons (Fsp3) is 0. The Labute approximate surface area is 98.3 Å². The number of hydrogen-bond donors (Lipinski definition) is 1. The molecule has 1 rings (SSSR count). The number of nitro groups is 1. The van der Waals surface area contributed by atoms with E-state index in [4.69, 9.17) is 39.9 Å². The predicted octanol–water partition coefficient (Wildman–Crippen LogP) is 3.25. The summed E-state index contributed by atoms with van der Waals surface area (Å²) in [5.74, 6) is -1.50. The molecule has 0 saturated carbocycles. The quantitative estimate of drug-likeness (QED) is 0.508. The fourth-order valence-electron chi connectivity index (χ4n) is 0.927. The SMILES string of the molecule is O=C(O)c1cc(Cl)c(Cl)c(Cl)c1[N+](=O)[O-]. The van der Waals surface area contributed by atoms with Gasteiger partial charge in [0.15, 0.2) is 0 Å². The van der Waals surface area contributed by atoms with Crippen LogP contribution >= 0.6 is 34.8 Å². The van der Waals surface area contributed by atoms with Gasteiger partial charge in [0.25, 0.3) is 0 Å². The second kappa shape index (κ2) is 4.22. The lowest BCUT2D eigenvalue weighted by Crippen LogP contribution is -2.03. The fourth-order valence-corrected chi connectivity index (χ4v) is 1.60. The molecular weight excluding hydrogens is 268 g/mol. The Kier molecular flexibility index (Phi) is 3.38. The average molecular weight is 270 g/mol. The van der Waals surface area contributed by atoms with Crippen LogP contribution < -0.4 is 0 Å². The Morgan fingerprint density at radius 1 is 1.33 bits per heavy atom. The normalized spacial score (nSPS) is 10.1. The van der Waals surface area contributed by atoms with Gasteiger partial charge in [0.05, 0.1) is 15.0 Å². The zero-order chi connectivity index (χ0) is 11.7. The molecule has 0 aliphatic rings. The molecule has 80 valence electrons. The van der Waals surface area contributed by atoms with E-state index >= 15 is 0 Å². The molecule has 5 nitrogen and oxygen atoms in total. The highest BCUT2D eigenvalue weighted by molar-refractivity contribution is 6.49. The average Bonchev–Trinajstić information content (AvgIpc) is 2.12. The zero-order valence-corrected chi connectivity index (χ0v) is 9.10. The first-order valence-electron chi connectivity index (χ1n) is 3.41. The summed E-state index contributed by atoms with van der Waals surface area (Å²) in [5.41, 5.74) is -1.36. The maximum absolute atomic E-state index is 10.7. The Bertz CT molecular complexity index is 460. The van der Waals surface area contributed by atoms with Gasteiger partial charge in [-0.2, -0.15) is 0 Å². The Hall–Kier alpha value is -1.04. The number of aromatic carboxylic acids is 1. The number of benzene rings is 1. The van der Waals surface area contributed by atoms with E-state index in [0.717, 1.165) is 6.07 Å². The van der Waals surface area contributed by atoms with Crippen molar-refractivity contribution in [2.75, 3.05) is 0 Å². The highest BCUT2D eigenvalue weighted by Crippen LogP contribution is 2.39. The van der Waals surface area contributed by atoms with E-state index in [2.05, 4.69) is 0 Å². The topological polar surface area (TPSA) is 80.4 Å². The number of rotatable bonds is 2. The zero-order valence-electron chi connectivity index (χ0n) is 6.83. The van der Waals surface area contributed by atoms with E-state index in [0.29, 0.717) is 0 Å². The van der Waals surface area contributed by atoms with Crippen LogP contribution in [0, 0.1) is 10.1 Å². The summed E-state index contributed by atoms with van der Waals surface area (Å²) >= 11 is 16.6. The van der Waals surface area contributed by atoms with Gasteiger partial charge in [-0.15, -0.1) is 0 Å². The summed E-state index contributed by atoms with van der Waals surface area (Å²) in [7, 11) is 0. The third-order valence-corrected chi connectivity index (χ3v) is 2.80. The minimum absolute atomic E-state index is 0.148. The second-order valence-electron chi connectivity index (χ2n) is 2.44. The standard InChI is InChI=1S/C7H2Cl3NO4/c8-3-1-2(7(12)13)6(11(14)15)5(10)4(3)9/h1H,(H,12,13). The molecule has 0 aliphatic carbocycles. The number of carboxylic acids is 1. The van der Waals surface area contributed by atoms with Crippen LogP contribution in [0.25, 0.3) is 0 Å². The van der Waals surface area contributed by atoms with Gasteiger partial charge in [-0.1, -0.05) is 34.8 Å². The third-order valence-electron chi connectivity index (χ3n) is 1.55. The van der Waals surface area contributed by atoms with Crippen LogP contribution in [0.15, 0.2) is 6.07 Å². The summed E-state index contributed by atoms with van der Waals surface area (Å²) in [6, 6.07) is 0.885. The van der Waals surface area contributed by atoms with E-state index in [9.17, 15) is 14.9 Å². The number of nitrogens with zero attached hydrogens (tertiary/aromatic N) is 1. The molecule has 0 spiro atoms. The summed E-state index contributed by atoms with van der Waals surface area (Å²) in [6.07, 6.45) is 0. The molecule has 1 N–H and O–H groups in total. The molecule has 0 fully saturated rings. The van der Waals surface area contributed by atoms with Crippen molar-refractivity contribution < 1.29 is 14.8 Å². The van der Waals surface area contributed by atoms with Crippen molar-refractivity contribution >= 4 is 46.5 Å². The first-order chi connectivity index (χ1) is 6.86. The van der Waals surface area contributed by atoms with Crippen LogP contribution in [0.1, 0.15) is 10.4 Å². The van der Waals surface area contributed by atoms with Crippen molar-refractivity contribution in [3.63, 3.8) is 0 Å². The summed E-state index contributed by atoms with van der Waals surface area (Å²) < 4.78 is 0. The lowest BCUT2D eigenvalue weighted by atomic mass is 10.2. The Balaban J connectivity index is 3.65. The second-order valence-corrected chi connectivity index (χ2v) is 3.61. The number of carbonyl (C=O) groups is 1. The number of nitro benzene ring substituents is 1. The predicted molar refractivity (Wildman–Crippen MR) is 55.1 cm³/mol.